The van der Waals surface area contributed by atoms with Gasteiger partial charge in [-0.05, 0) is 61.9 Å². The second-order valence-electron chi connectivity index (χ2n) is 12.8. The fraction of sp³-hybridized carbons (Fsp3) is 0.815. The maximum atomic E-state index is 14.1. The number of ketones is 2. The molecule has 0 aromatic heterocycles. The summed E-state index contributed by atoms with van der Waals surface area (Å²) in [5.41, 5.74) is 3.03. The molecule has 2 spiro atoms. The van der Waals surface area contributed by atoms with Gasteiger partial charge in [-0.3, -0.25) is 14.4 Å². The average molecular weight is 488 g/mol. The molecule has 7 rings (SSSR count). The molecule has 8 atom stereocenters. The molecular weight excluding hydrogens is 450 g/mol. The number of esters is 1. The second-order valence-corrected chi connectivity index (χ2v) is 12.8. The van der Waals surface area contributed by atoms with Crippen molar-refractivity contribution in [3.63, 3.8) is 0 Å². The zero-order valence-corrected chi connectivity index (χ0v) is 20.6. The van der Waals surface area contributed by atoms with Gasteiger partial charge in [0.05, 0.1) is 17.9 Å². The minimum Gasteiger partial charge on any atom is -0.460 e. The first-order valence-corrected chi connectivity index (χ1v) is 13.2. The SMILES string of the molecule is C=C1C(=O)[C@]23[C@H](OC(=O)C4CCC(N)CC4)[C@H]1CC[C@H]2[C@@]12CO[C@]3(O)[C@@H](O)[C@@H]1C(C)(C)CCC2=O. The molecule has 0 aromatic rings. The number of ether oxygens (including phenoxy) is 2. The summed E-state index contributed by atoms with van der Waals surface area (Å²) in [4.78, 5) is 41.2. The van der Waals surface area contributed by atoms with Crippen LogP contribution in [0.3, 0.4) is 0 Å². The Bertz CT molecular complexity index is 1010. The smallest absolute Gasteiger partial charge is 0.309 e. The van der Waals surface area contributed by atoms with Gasteiger partial charge in [0.1, 0.15) is 23.4 Å². The van der Waals surface area contributed by atoms with Crippen molar-refractivity contribution in [3.05, 3.63) is 12.2 Å². The van der Waals surface area contributed by atoms with Gasteiger partial charge >= 0.3 is 5.97 Å². The van der Waals surface area contributed by atoms with E-state index in [0.29, 0.717) is 44.1 Å². The number of fused-ring (bicyclic) bond motifs is 2. The molecule has 8 heteroatoms. The monoisotopic (exact) mass is 487 g/mol. The van der Waals surface area contributed by atoms with Crippen LogP contribution in [0.1, 0.15) is 65.2 Å². The lowest BCUT2D eigenvalue weighted by Crippen LogP contribution is -2.85. The highest BCUT2D eigenvalue weighted by molar-refractivity contribution is 6.06. The maximum Gasteiger partial charge on any atom is 0.309 e. The molecule has 0 radical (unpaired) electrons. The van der Waals surface area contributed by atoms with Crippen molar-refractivity contribution in [2.75, 3.05) is 6.61 Å². The van der Waals surface area contributed by atoms with Crippen molar-refractivity contribution in [1.29, 1.82) is 0 Å². The van der Waals surface area contributed by atoms with Gasteiger partial charge in [-0.2, -0.15) is 0 Å². The summed E-state index contributed by atoms with van der Waals surface area (Å²) in [5, 5.41) is 23.9. The molecule has 0 aromatic carbocycles. The summed E-state index contributed by atoms with van der Waals surface area (Å²) in [7, 11) is 0. The number of carbonyl (C=O) groups excluding carboxylic acids is 3. The molecule has 7 aliphatic rings. The fourth-order valence-electron chi connectivity index (χ4n) is 9.34. The zero-order valence-electron chi connectivity index (χ0n) is 20.6. The molecule has 0 amide bonds. The third kappa shape index (κ3) is 2.59. The first-order chi connectivity index (χ1) is 16.4. The van der Waals surface area contributed by atoms with Gasteiger partial charge in [-0.1, -0.05) is 20.4 Å². The Labute approximate surface area is 205 Å². The van der Waals surface area contributed by atoms with Crippen molar-refractivity contribution >= 4 is 17.5 Å². The quantitative estimate of drug-likeness (QED) is 0.395. The Balaban J connectivity index is 1.48. The molecule has 0 unspecified atom stereocenters. The number of Topliss-reactive ketones (excluding diaryl/α,β-unsaturated/α-hetero) is 2. The highest BCUT2D eigenvalue weighted by atomic mass is 16.6. The summed E-state index contributed by atoms with van der Waals surface area (Å²) >= 11 is 0. The van der Waals surface area contributed by atoms with Crippen molar-refractivity contribution in [2.24, 2.45) is 45.7 Å². The number of aliphatic hydroxyl groups is 2. The van der Waals surface area contributed by atoms with Crippen LogP contribution in [0.5, 0.6) is 0 Å². The molecule has 4 N–H and O–H groups in total. The maximum absolute atomic E-state index is 14.1. The van der Waals surface area contributed by atoms with Crippen LogP contribution in [0, 0.1) is 39.9 Å². The minimum atomic E-state index is -2.26. The number of aliphatic hydroxyl groups excluding tert-OH is 1. The van der Waals surface area contributed by atoms with E-state index < -0.39 is 63.7 Å². The number of hydrogen-bond acceptors (Lipinski definition) is 8. The fourth-order valence-corrected chi connectivity index (χ4v) is 9.34. The van der Waals surface area contributed by atoms with E-state index in [1.807, 2.05) is 13.8 Å². The predicted molar refractivity (Wildman–Crippen MR) is 123 cm³/mol. The Morgan fingerprint density at radius 2 is 1.83 bits per heavy atom. The molecule has 5 saturated carbocycles. The van der Waals surface area contributed by atoms with Crippen LogP contribution in [0.2, 0.25) is 0 Å². The van der Waals surface area contributed by atoms with Crippen molar-refractivity contribution in [1.82, 2.24) is 0 Å². The standard InChI is InChI=1S/C27H37NO7/c1-13-16-8-9-17-25-12-34-27(33,21(31)19(25)24(2,3)11-10-18(25)29)26(17,20(13)30)22(16)35-23(32)14-4-6-15(28)7-5-14/h14-17,19,21-22,31,33H,1,4-12,28H2,2-3H3/t14?,15?,16-,17-,19+,21-,22+,25+,26-,27+/m0/s1. The van der Waals surface area contributed by atoms with Crippen LogP contribution in [0.25, 0.3) is 0 Å². The van der Waals surface area contributed by atoms with E-state index in [-0.39, 0.29) is 24.3 Å². The van der Waals surface area contributed by atoms with Crippen LogP contribution in [-0.4, -0.2) is 58.4 Å². The topological polar surface area (TPSA) is 136 Å². The number of rotatable bonds is 2. The highest BCUT2D eigenvalue weighted by Gasteiger charge is 2.88. The van der Waals surface area contributed by atoms with Gasteiger partial charge in [0.2, 0.25) is 5.79 Å². The van der Waals surface area contributed by atoms with Crippen LogP contribution >= 0.6 is 0 Å². The van der Waals surface area contributed by atoms with Gasteiger partial charge < -0.3 is 25.4 Å². The molecule has 2 aliphatic heterocycles. The molecule has 4 bridgehead atoms. The van der Waals surface area contributed by atoms with Crippen molar-refractivity contribution < 1.29 is 34.1 Å². The van der Waals surface area contributed by atoms with Crippen LogP contribution in [0.4, 0.5) is 0 Å². The van der Waals surface area contributed by atoms with E-state index >= 15 is 0 Å². The van der Waals surface area contributed by atoms with E-state index in [1.165, 1.54) is 0 Å². The molecule has 2 heterocycles. The van der Waals surface area contributed by atoms with Crippen molar-refractivity contribution in [3.8, 4) is 0 Å². The van der Waals surface area contributed by atoms with E-state index in [9.17, 15) is 24.6 Å². The number of carbonyl (C=O) groups is 3. The number of hydrogen-bond donors (Lipinski definition) is 3. The highest BCUT2D eigenvalue weighted by Crippen LogP contribution is 2.76. The molecular formula is C27H37NO7. The van der Waals surface area contributed by atoms with E-state index in [0.717, 1.165) is 12.8 Å². The summed E-state index contributed by atoms with van der Waals surface area (Å²) in [5.74, 6) is -5.04. The summed E-state index contributed by atoms with van der Waals surface area (Å²) in [6, 6.07) is 0.0734. The van der Waals surface area contributed by atoms with Gasteiger partial charge in [-0.25, -0.2) is 0 Å². The summed E-state index contributed by atoms with van der Waals surface area (Å²) in [6.45, 7) is 8.03. The molecule has 5 aliphatic carbocycles. The van der Waals surface area contributed by atoms with Gasteiger partial charge in [0, 0.05) is 24.3 Å². The Kier molecular flexibility index (Phi) is 4.92. The Morgan fingerprint density at radius 1 is 1.14 bits per heavy atom. The Hall–Kier alpha value is -1.61. The molecule has 2 saturated heterocycles. The van der Waals surface area contributed by atoms with Crippen molar-refractivity contribution in [2.45, 2.75) is 89.3 Å². The second kappa shape index (κ2) is 7.24. The minimum absolute atomic E-state index is 0.0258. The summed E-state index contributed by atoms with van der Waals surface area (Å²) in [6.07, 6.45) is 2.19. The van der Waals surface area contributed by atoms with Crippen LogP contribution < -0.4 is 5.73 Å². The molecule has 35 heavy (non-hydrogen) atoms. The van der Waals surface area contributed by atoms with E-state index in [4.69, 9.17) is 15.2 Å². The number of nitrogens with two attached hydrogens (primary N) is 1. The lowest BCUT2D eigenvalue weighted by atomic mass is 9.36. The van der Waals surface area contributed by atoms with Crippen LogP contribution in [-0.2, 0) is 23.9 Å². The molecule has 192 valence electrons. The molecule has 7 fully saturated rings. The van der Waals surface area contributed by atoms with Gasteiger partial charge in [-0.15, -0.1) is 0 Å². The van der Waals surface area contributed by atoms with Gasteiger partial charge in [0.15, 0.2) is 5.78 Å². The normalized spacial score (nSPS) is 52.1. The third-order valence-corrected chi connectivity index (χ3v) is 11.0. The van der Waals surface area contributed by atoms with Gasteiger partial charge in [0.25, 0.3) is 0 Å². The first-order valence-electron chi connectivity index (χ1n) is 13.2. The van der Waals surface area contributed by atoms with E-state index in [2.05, 4.69) is 6.58 Å². The summed E-state index contributed by atoms with van der Waals surface area (Å²) < 4.78 is 12.2. The third-order valence-electron chi connectivity index (χ3n) is 11.0. The predicted octanol–water partition coefficient (Wildman–Crippen LogP) is 1.65. The van der Waals surface area contributed by atoms with E-state index in [1.54, 1.807) is 0 Å². The average Bonchev–Trinajstić information content (AvgIpc) is 2.93. The largest absolute Gasteiger partial charge is 0.460 e. The lowest BCUT2D eigenvalue weighted by molar-refractivity contribution is -0.437. The lowest BCUT2D eigenvalue weighted by Gasteiger charge is -2.73. The first kappa shape index (κ1) is 23.8. The Morgan fingerprint density at radius 3 is 2.51 bits per heavy atom. The molecule has 8 nitrogen and oxygen atoms in total. The zero-order chi connectivity index (χ0) is 25.1. The van der Waals surface area contributed by atoms with Crippen LogP contribution in [0.15, 0.2) is 12.2 Å².